The van der Waals surface area contributed by atoms with E-state index in [4.69, 9.17) is 16.7 Å². The Kier molecular flexibility index (Phi) is 4.57. The molecule has 0 aliphatic carbocycles. The molecule has 0 bridgehead atoms. The van der Waals surface area contributed by atoms with Crippen molar-refractivity contribution in [2.75, 3.05) is 7.05 Å². The molecule has 0 amide bonds. The van der Waals surface area contributed by atoms with Crippen LogP contribution in [0.5, 0.6) is 0 Å². The van der Waals surface area contributed by atoms with Crippen LogP contribution in [0.4, 0.5) is 0 Å². The summed E-state index contributed by atoms with van der Waals surface area (Å²) in [6, 6.07) is 3.83. The van der Waals surface area contributed by atoms with E-state index in [0.717, 1.165) is 9.21 Å². The highest BCUT2D eigenvalue weighted by molar-refractivity contribution is 7.16. The predicted molar refractivity (Wildman–Crippen MR) is 62.5 cm³/mol. The summed E-state index contributed by atoms with van der Waals surface area (Å²) < 4.78 is 0.730. The number of halogens is 1. The van der Waals surface area contributed by atoms with E-state index in [2.05, 4.69) is 5.32 Å². The highest BCUT2D eigenvalue weighted by atomic mass is 35.5. The molecule has 0 aromatic carbocycles. The van der Waals surface area contributed by atoms with Gasteiger partial charge in [-0.2, -0.15) is 0 Å². The smallest absolute Gasteiger partial charge is 0.306 e. The number of hydrogen-bond donors (Lipinski definition) is 2. The Hall–Kier alpha value is -0.580. The molecule has 0 saturated carbocycles. The van der Waals surface area contributed by atoms with Crippen molar-refractivity contribution in [1.29, 1.82) is 0 Å². The van der Waals surface area contributed by atoms with Crippen LogP contribution in [-0.2, 0) is 4.79 Å². The third kappa shape index (κ3) is 3.48. The number of rotatable bonds is 5. The molecule has 1 aromatic heterocycles. The molecular weight excluding hydrogens is 234 g/mol. The first-order chi connectivity index (χ1) is 7.04. The quantitative estimate of drug-likeness (QED) is 0.841. The van der Waals surface area contributed by atoms with Crippen molar-refractivity contribution >= 4 is 28.9 Å². The molecule has 5 heteroatoms. The zero-order valence-corrected chi connectivity index (χ0v) is 10.2. The van der Waals surface area contributed by atoms with Crippen molar-refractivity contribution in [2.24, 2.45) is 5.92 Å². The van der Waals surface area contributed by atoms with Gasteiger partial charge in [-0.05, 0) is 25.6 Å². The molecule has 2 unspecified atom stereocenters. The van der Waals surface area contributed by atoms with Gasteiger partial charge >= 0.3 is 5.97 Å². The second-order valence-corrected chi connectivity index (χ2v) is 5.20. The van der Waals surface area contributed by atoms with Gasteiger partial charge in [-0.3, -0.25) is 4.79 Å². The average Bonchev–Trinajstić information content (AvgIpc) is 2.60. The van der Waals surface area contributed by atoms with Crippen LogP contribution < -0.4 is 5.32 Å². The fraction of sp³-hybridized carbons (Fsp3) is 0.500. The fourth-order valence-electron chi connectivity index (χ4n) is 1.35. The monoisotopic (exact) mass is 247 g/mol. The lowest BCUT2D eigenvalue weighted by atomic mass is 10.0. The molecule has 84 valence electrons. The van der Waals surface area contributed by atoms with Crippen LogP contribution in [0.1, 0.15) is 24.3 Å². The number of nitrogens with one attached hydrogen (secondary N) is 1. The zero-order valence-electron chi connectivity index (χ0n) is 8.66. The van der Waals surface area contributed by atoms with Gasteiger partial charge in [0.15, 0.2) is 0 Å². The SMILES string of the molecule is CNC(CC(C)C(=O)O)c1ccc(Cl)s1. The van der Waals surface area contributed by atoms with Crippen LogP contribution in [0.3, 0.4) is 0 Å². The predicted octanol–water partition coefficient (Wildman–Crippen LogP) is 2.77. The number of carboxylic acids is 1. The third-order valence-corrected chi connectivity index (χ3v) is 3.64. The molecule has 2 atom stereocenters. The van der Waals surface area contributed by atoms with E-state index in [0.29, 0.717) is 6.42 Å². The van der Waals surface area contributed by atoms with E-state index in [-0.39, 0.29) is 12.0 Å². The summed E-state index contributed by atoms with van der Waals surface area (Å²) in [5.74, 6) is -1.12. The third-order valence-electron chi connectivity index (χ3n) is 2.30. The Balaban J connectivity index is 2.68. The summed E-state index contributed by atoms with van der Waals surface area (Å²) in [5.41, 5.74) is 0. The van der Waals surface area contributed by atoms with Gasteiger partial charge in [0.1, 0.15) is 0 Å². The van der Waals surface area contributed by atoms with Crippen molar-refractivity contribution in [1.82, 2.24) is 5.32 Å². The molecule has 1 heterocycles. The number of aliphatic carboxylic acids is 1. The summed E-state index contributed by atoms with van der Waals surface area (Å²) in [6.07, 6.45) is 0.572. The Bertz CT molecular complexity index is 340. The van der Waals surface area contributed by atoms with Crippen LogP contribution in [-0.4, -0.2) is 18.1 Å². The topological polar surface area (TPSA) is 49.3 Å². The van der Waals surface area contributed by atoms with Crippen LogP contribution in [0.2, 0.25) is 4.34 Å². The first kappa shape index (κ1) is 12.5. The summed E-state index contributed by atoms with van der Waals surface area (Å²) in [5, 5.41) is 11.9. The minimum Gasteiger partial charge on any atom is -0.481 e. The molecule has 0 radical (unpaired) electrons. The standard InChI is InChI=1S/C10H14ClNO2S/c1-6(10(13)14)5-7(12-2)8-3-4-9(11)15-8/h3-4,6-7,12H,5H2,1-2H3,(H,13,14). The van der Waals surface area contributed by atoms with Crippen LogP contribution in [0, 0.1) is 5.92 Å². The van der Waals surface area contributed by atoms with Gasteiger partial charge in [-0.25, -0.2) is 0 Å². The van der Waals surface area contributed by atoms with Gasteiger partial charge in [0.05, 0.1) is 10.3 Å². The normalized spacial score (nSPS) is 14.9. The molecular formula is C10H14ClNO2S. The molecule has 0 aliphatic heterocycles. The number of thiophene rings is 1. The lowest BCUT2D eigenvalue weighted by Gasteiger charge is -2.16. The van der Waals surface area contributed by atoms with E-state index < -0.39 is 5.97 Å². The first-order valence-corrected chi connectivity index (χ1v) is 5.89. The molecule has 0 aliphatic rings. The number of carbonyl (C=O) groups is 1. The van der Waals surface area contributed by atoms with Gasteiger partial charge in [0.25, 0.3) is 0 Å². The lowest BCUT2D eigenvalue weighted by Crippen LogP contribution is -2.21. The van der Waals surface area contributed by atoms with E-state index >= 15 is 0 Å². The maximum absolute atomic E-state index is 10.7. The molecule has 1 rings (SSSR count). The maximum atomic E-state index is 10.7. The summed E-state index contributed by atoms with van der Waals surface area (Å²) in [6.45, 7) is 1.71. The largest absolute Gasteiger partial charge is 0.481 e. The molecule has 0 spiro atoms. The molecule has 0 fully saturated rings. The Morgan fingerprint density at radius 1 is 1.67 bits per heavy atom. The Labute approximate surface area is 98.1 Å². The zero-order chi connectivity index (χ0) is 11.4. The second-order valence-electron chi connectivity index (χ2n) is 3.46. The minimum atomic E-state index is -0.766. The van der Waals surface area contributed by atoms with Gasteiger partial charge in [0.2, 0.25) is 0 Å². The molecule has 0 saturated heterocycles. The van der Waals surface area contributed by atoms with Gasteiger partial charge in [-0.1, -0.05) is 18.5 Å². The molecule has 1 aromatic rings. The fourth-order valence-corrected chi connectivity index (χ4v) is 2.53. The van der Waals surface area contributed by atoms with Crippen LogP contribution >= 0.6 is 22.9 Å². The van der Waals surface area contributed by atoms with Gasteiger partial charge in [-0.15, -0.1) is 11.3 Å². The summed E-state index contributed by atoms with van der Waals surface area (Å²) >= 11 is 7.32. The van der Waals surface area contributed by atoms with Crippen molar-refractivity contribution in [2.45, 2.75) is 19.4 Å². The van der Waals surface area contributed by atoms with Crippen LogP contribution in [0.25, 0.3) is 0 Å². The highest BCUT2D eigenvalue weighted by Crippen LogP contribution is 2.30. The van der Waals surface area contributed by atoms with Gasteiger partial charge < -0.3 is 10.4 Å². The lowest BCUT2D eigenvalue weighted by molar-refractivity contribution is -0.141. The summed E-state index contributed by atoms with van der Waals surface area (Å²) in [4.78, 5) is 11.8. The van der Waals surface area contributed by atoms with Crippen molar-refractivity contribution in [3.8, 4) is 0 Å². The first-order valence-electron chi connectivity index (χ1n) is 4.70. The minimum absolute atomic E-state index is 0.0635. The molecule has 15 heavy (non-hydrogen) atoms. The van der Waals surface area contributed by atoms with E-state index in [1.807, 2.05) is 19.2 Å². The van der Waals surface area contributed by atoms with Crippen LogP contribution in [0.15, 0.2) is 12.1 Å². The van der Waals surface area contributed by atoms with E-state index in [1.54, 1.807) is 6.92 Å². The maximum Gasteiger partial charge on any atom is 0.306 e. The Morgan fingerprint density at radius 3 is 2.73 bits per heavy atom. The van der Waals surface area contributed by atoms with Gasteiger partial charge in [0, 0.05) is 10.9 Å². The number of hydrogen-bond acceptors (Lipinski definition) is 3. The van der Waals surface area contributed by atoms with Crippen molar-refractivity contribution < 1.29 is 9.90 Å². The van der Waals surface area contributed by atoms with Crippen molar-refractivity contribution in [3.63, 3.8) is 0 Å². The highest BCUT2D eigenvalue weighted by Gasteiger charge is 2.19. The Morgan fingerprint density at radius 2 is 2.33 bits per heavy atom. The molecule has 2 N–H and O–H groups in total. The number of carboxylic acid groups (broad SMARTS) is 1. The average molecular weight is 248 g/mol. The van der Waals surface area contributed by atoms with E-state index in [1.165, 1.54) is 11.3 Å². The summed E-state index contributed by atoms with van der Waals surface area (Å²) in [7, 11) is 1.83. The molecule has 3 nitrogen and oxygen atoms in total. The second kappa shape index (κ2) is 5.49. The van der Waals surface area contributed by atoms with Crippen molar-refractivity contribution in [3.05, 3.63) is 21.3 Å². The van der Waals surface area contributed by atoms with E-state index in [9.17, 15) is 4.79 Å².